The van der Waals surface area contributed by atoms with Crippen molar-refractivity contribution in [2.75, 3.05) is 34.5 Å². The van der Waals surface area contributed by atoms with Gasteiger partial charge in [-0.25, -0.2) is 4.79 Å². The summed E-state index contributed by atoms with van der Waals surface area (Å²) in [5.41, 5.74) is 2.08. The number of aromatic nitrogens is 1. The lowest BCUT2D eigenvalue weighted by atomic mass is 10.2. The van der Waals surface area contributed by atoms with E-state index >= 15 is 0 Å². The fourth-order valence-corrected chi connectivity index (χ4v) is 4.28. The number of carbonyl (C=O) groups is 2. The Hall–Kier alpha value is -3.43. The maximum absolute atomic E-state index is 12.6. The molecule has 2 aromatic carbocycles. The van der Waals surface area contributed by atoms with E-state index in [4.69, 9.17) is 18.9 Å². The molecule has 174 valence electrons. The number of rotatable bonds is 9. The van der Waals surface area contributed by atoms with Gasteiger partial charge in [0.2, 0.25) is 0 Å². The second-order valence-electron chi connectivity index (χ2n) is 6.81. The van der Waals surface area contributed by atoms with Gasteiger partial charge in [-0.15, -0.1) is 0 Å². The number of hydrogen-bond acceptors (Lipinski definition) is 7. The number of methoxy groups -OCH3 is 3. The summed E-state index contributed by atoms with van der Waals surface area (Å²) in [5.74, 6) is 0.356. The van der Waals surface area contributed by atoms with Crippen molar-refractivity contribution in [3.8, 4) is 11.5 Å². The van der Waals surface area contributed by atoms with Gasteiger partial charge in [-0.1, -0.05) is 17.4 Å². The monoisotopic (exact) mass is 470 g/mol. The topological polar surface area (TPSA) is 88.4 Å². The van der Waals surface area contributed by atoms with Crippen LogP contribution in [-0.4, -0.2) is 51.0 Å². The summed E-state index contributed by atoms with van der Waals surface area (Å²) in [6, 6.07) is 10.6. The van der Waals surface area contributed by atoms with Gasteiger partial charge in [0, 0.05) is 19.2 Å². The molecule has 3 aromatic rings. The first-order valence-corrected chi connectivity index (χ1v) is 11.1. The fourth-order valence-electron chi connectivity index (χ4n) is 3.18. The number of benzene rings is 2. The van der Waals surface area contributed by atoms with E-state index in [1.54, 1.807) is 44.6 Å². The zero-order valence-electron chi connectivity index (χ0n) is 19.0. The third kappa shape index (κ3) is 5.88. The number of nitrogens with zero attached hydrogens (tertiary/aromatic N) is 2. The van der Waals surface area contributed by atoms with Crippen LogP contribution in [0, 0.1) is 0 Å². The molecule has 0 saturated heterocycles. The van der Waals surface area contributed by atoms with Crippen molar-refractivity contribution in [2.45, 2.75) is 13.5 Å². The van der Waals surface area contributed by atoms with Gasteiger partial charge in [-0.2, -0.15) is 4.99 Å². The quantitative estimate of drug-likeness (QED) is 0.269. The molecule has 0 radical (unpaired) electrons. The van der Waals surface area contributed by atoms with Crippen LogP contribution in [0.5, 0.6) is 11.5 Å². The van der Waals surface area contributed by atoms with Crippen molar-refractivity contribution in [1.29, 1.82) is 0 Å². The van der Waals surface area contributed by atoms with Crippen LogP contribution in [0.4, 0.5) is 0 Å². The Kier molecular flexibility index (Phi) is 8.39. The highest BCUT2D eigenvalue weighted by Crippen LogP contribution is 2.28. The van der Waals surface area contributed by atoms with Crippen molar-refractivity contribution in [3.05, 3.63) is 58.4 Å². The van der Waals surface area contributed by atoms with Crippen molar-refractivity contribution < 1.29 is 28.5 Å². The van der Waals surface area contributed by atoms with Gasteiger partial charge in [-0.05, 0) is 48.9 Å². The smallest absolute Gasteiger partial charge is 0.337 e. The molecule has 33 heavy (non-hydrogen) atoms. The van der Waals surface area contributed by atoms with Crippen molar-refractivity contribution in [1.82, 2.24) is 4.57 Å². The number of amides is 1. The predicted molar refractivity (Wildman–Crippen MR) is 127 cm³/mol. The highest BCUT2D eigenvalue weighted by molar-refractivity contribution is 7.16. The minimum atomic E-state index is -0.418. The van der Waals surface area contributed by atoms with Crippen LogP contribution in [0.15, 0.2) is 47.5 Å². The Balaban J connectivity index is 1.95. The third-order valence-corrected chi connectivity index (χ3v) is 5.84. The molecule has 1 aromatic heterocycles. The van der Waals surface area contributed by atoms with Gasteiger partial charge >= 0.3 is 5.97 Å². The minimum Gasteiger partial charge on any atom is -0.493 e. The molecule has 0 spiro atoms. The van der Waals surface area contributed by atoms with Crippen LogP contribution in [0.1, 0.15) is 22.8 Å². The van der Waals surface area contributed by atoms with Gasteiger partial charge in [0.05, 0.1) is 43.7 Å². The van der Waals surface area contributed by atoms with E-state index < -0.39 is 11.9 Å². The normalized spacial score (nSPS) is 11.8. The second kappa shape index (κ2) is 11.4. The van der Waals surface area contributed by atoms with Gasteiger partial charge in [0.25, 0.3) is 5.91 Å². The van der Waals surface area contributed by atoms with Crippen molar-refractivity contribution >= 4 is 39.5 Å². The zero-order valence-corrected chi connectivity index (χ0v) is 19.8. The lowest BCUT2D eigenvalue weighted by Gasteiger charge is -2.07. The maximum Gasteiger partial charge on any atom is 0.337 e. The molecule has 0 fully saturated rings. The summed E-state index contributed by atoms with van der Waals surface area (Å²) in [5, 5.41) is 0. The first kappa shape index (κ1) is 24.2. The number of fused-ring (bicyclic) bond motifs is 1. The maximum atomic E-state index is 12.6. The van der Waals surface area contributed by atoms with Crippen LogP contribution < -0.4 is 14.3 Å². The number of thiazole rings is 1. The molecule has 0 atom stereocenters. The number of esters is 1. The Morgan fingerprint density at radius 1 is 1.06 bits per heavy atom. The standard InChI is InChI=1S/C24H26N2O6S/c1-5-32-13-12-26-18-9-8-17(23(28)31-4)15-21(18)33-24(26)25-22(27)11-7-16-6-10-19(29-2)20(14-16)30-3/h6-11,14-15H,5,12-13H2,1-4H3. The SMILES string of the molecule is CCOCCn1c(=NC(=O)C=Cc2ccc(OC)c(OC)c2)sc2cc(C(=O)OC)ccc21. The van der Waals surface area contributed by atoms with Crippen LogP contribution in [0.2, 0.25) is 0 Å². The number of carbonyl (C=O) groups excluding carboxylic acids is 2. The molecular formula is C24H26N2O6S. The van der Waals surface area contributed by atoms with E-state index in [0.29, 0.717) is 41.6 Å². The van der Waals surface area contributed by atoms with Gasteiger partial charge in [0.1, 0.15) is 0 Å². The van der Waals surface area contributed by atoms with Crippen LogP contribution >= 0.6 is 11.3 Å². The average Bonchev–Trinajstić information content (AvgIpc) is 3.18. The number of ether oxygens (including phenoxy) is 4. The summed E-state index contributed by atoms with van der Waals surface area (Å²) in [6.45, 7) is 3.52. The highest BCUT2D eigenvalue weighted by Gasteiger charge is 2.12. The first-order valence-electron chi connectivity index (χ1n) is 10.3. The third-order valence-electron chi connectivity index (χ3n) is 4.80. The molecule has 0 unspecified atom stereocenters. The molecule has 0 aliphatic heterocycles. The Labute approximate surface area is 195 Å². The summed E-state index contributed by atoms with van der Waals surface area (Å²) in [6.07, 6.45) is 3.07. The van der Waals surface area contributed by atoms with E-state index in [0.717, 1.165) is 15.8 Å². The molecule has 1 heterocycles. The van der Waals surface area contributed by atoms with Crippen LogP contribution in [0.25, 0.3) is 16.3 Å². The number of hydrogen-bond donors (Lipinski definition) is 0. The van der Waals surface area contributed by atoms with E-state index in [1.807, 2.05) is 23.6 Å². The Bertz CT molecular complexity index is 1240. The Morgan fingerprint density at radius 2 is 1.85 bits per heavy atom. The molecule has 0 aliphatic carbocycles. The minimum absolute atomic E-state index is 0.408. The lowest BCUT2D eigenvalue weighted by Crippen LogP contribution is -2.19. The van der Waals surface area contributed by atoms with Crippen LogP contribution in [0.3, 0.4) is 0 Å². The van der Waals surface area contributed by atoms with E-state index in [1.165, 1.54) is 24.5 Å². The highest BCUT2D eigenvalue weighted by atomic mass is 32.1. The second-order valence-corrected chi connectivity index (χ2v) is 7.81. The molecule has 0 aliphatic rings. The van der Waals surface area contributed by atoms with Gasteiger partial charge < -0.3 is 23.5 Å². The van der Waals surface area contributed by atoms with E-state index in [9.17, 15) is 9.59 Å². The van der Waals surface area contributed by atoms with Crippen molar-refractivity contribution in [3.63, 3.8) is 0 Å². The zero-order chi connectivity index (χ0) is 23.8. The summed E-state index contributed by atoms with van der Waals surface area (Å²) in [4.78, 5) is 29.3. The summed E-state index contributed by atoms with van der Waals surface area (Å²) < 4.78 is 23.6. The first-order chi connectivity index (χ1) is 16.0. The predicted octanol–water partition coefficient (Wildman–Crippen LogP) is 3.68. The molecular weight excluding hydrogens is 444 g/mol. The van der Waals surface area contributed by atoms with Crippen LogP contribution in [-0.2, 0) is 20.8 Å². The molecule has 9 heteroatoms. The van der Waals surface area contributed by atoms with E-state index in [-0.39, 0.29) is 0 Å². The molecule has 3 rings (SSSR count). The summed E-state index contributed by atoms with van der Waals surface area (Å²) in [7, 11) is 4.46. The lowest BCUT2D eigenvalue weighted by molar-refractivity contribution is -0.113. The molecule has 8 nitrogen and oxygen atoms in total. The Morgan fingerprint density at radius 3 is 2.55 bits per heavy atom. The molecule has 1 amide bonds. The van der Waals surface area contributed by atoms with Gasteiger partial charge in [0.15, 0.2) is 16.3 Å². The van der Waals surface area contributed by atoms with Crippen molar-refractivity contribution in [2.24, 2.45) is 4.99 Å². The molecule has 0 bridgehead atoms. The average molecular weight is 471 g/mol. The molecule has 0 saturated carbocycles. The fraction of sp³-hybridized carbons (Fsp3) is 0.292. The summed E-state index contributed by atoms with van der Waals surface area (Å²) >= 11 is 1.33. The largest absolute Gasteiger partial charge is 0.493 e. The van der Waals surface area contributed by atoms with E-state index in [2.05, 4.69) is 4.99 Å². The van der Waals surface area contributed by atoms with Gasteiger partial charge in [-0.3, -0.25) is 4.79 Å². The molecule has 0 N–H and O–H groups in total.